The van der Waals surface area contributed by atoms with Crippen LogP contribution in [0.15, 0.2) is 63.7 Å². The number of hydrogen-bond acceptors (Lipinski definition) is 5. The van der Waals surface area contributed by atoms with Crippen LogP contribution in [0.3, 0.4) is 0 Å². The molecule has 0 fully saturated rings. The number of rotatable bonds is 5. The first-order chi connectivity index (χ1) is 12.1. The highest BCUT2D eigenvalue weighted by Crippen LogP contribution is 2.30. The number of H-pyrrole nitrogens is 1. The van der Waals surface area contributed by atoms with Gasteiger partial charge in [-0.25, -0.2) is 9.78 Å². The lowest BCUT2D eigenvalue weighted by Gasteiger charge is -2.08. The number of halogens is 1. The quantitative estimate of drug-likeness (QED) is 0.275. The number of imidazole rings is 1. The van der Waals surface area contributed by atoms with Gasteiger partial charge in [-0.3, -0.25) is 0 Å². The SMILES string of the molecule is COC(=O)/C(=C(/O)CSc1ccccc1Br)c1nc2ccccc2[nH]1. The Morgan fingerprint density at radius 1 is 1.24 bits per heavy atom. The third-order valence-electron chi connectivity index (χ3n) is 3.51. The molecule has 0 aliphatic carbocycles. The second kappa shape index (κ2) is 7.76. The van der Waals surface area contributed by atoms with Gasteiger partial charge < -0.3 is 14.8 Å². The molecule has 7 heteroatoms. The van der Waals surface area contributed by atoms with E-state index in [1.54, 1.807) is 0 Å². The number of thioether (sulfide) groups is 1. The number of aromatic amines is 1. The Balaban J connectivity index is 1.94. The zero-order valence-electron chi connectivity index (χ0n) is 13.3. The molecule has 1 aromatic heterocycles. The number of ether oxygens (including phenoxy) is 1. The van der Waals surface area contributed by atoms with Crippen LogP contribution < -0.4 is 0 Å². The predicted molar refractivity (Wildman–Crippen MR) is 103 cm³/mol. The van der Waals surface area contributed by atoms with Crippen LogP contribution in [-0.2, 0) is 9.53 Å². The van der Waals surface area contributed by atoms with Gasteiger partial charge in [0.1, 0.15) is 17.2 Å². The number of para-hydroxylation sites is 2. The summed E-state index contributed by atoms with van der Waals surface area (Å²) in [5.41, 5.74) is 1.54. The molecule has 0 aliphatic heterocycles. The van der Waals surface area contributed by atoms with E-state index in [0.29, 0.717) is 11.3 Å². The fraction of sp³-hybridized carbons (Fsp3) is 0.111. The van der Waals surface area contributed by atoms with E-state index in [-0.39, 0.29) is 17.1 Å². The van der Waals surface area contributed by atoms with Gasteiger partial charge in [-0.05, 0) is 40.2 Å². The molecule has 0 bridgehead atoms. The van der Waals surface area contributed by atoms with Gasteiger partial charge in [0.15, 0.2) is 0 Å². The number of aliphatic hydroxyl groups excluding tert-OH is 1. The molecule has 25 heavy (non-hydrogen) atoms. The minimum atomic E-state index is -0.635. The Morgan fingerprint density at radius 3 is 2.68 bits per heavy atom. The third kappa shape index (κ3) is 3.88. The number of hydrogen-bond donors (Lipinski definition) is 2. The highest BCUT2D eigenvalue weighted by Gasteiger charge is 2.22. The smallest absolute Gasteiger partial charge is 0.345 e. The van der Waals surface area contributed by atoms with Gasteiger partial charge in [0.25, 0.3) is 0 Å². The summed E-state index contributed by atoms with van der Waals surface area (Å²) in [6.45, 7) is 0. The Hall–Kier alpha value is -2.25. The molecule has 1 heterocycles. The number of nitrogens with zero attached hydrogens (tertiary/aromatic N) is 1. The fourth-order valence-corrected chi connectivity index (χ4v) is 3.75. The van der Waals surface area contributed by atoms with Crippen LogP contribution in [0.1, 0.15) is 5.82 Å². The number of methoxy groups -OCH3 is 1. The average molecular weight is 419 g/mol. The lowest BCUT2D eigenvalue weighted by Crippen LogP contribution is -2.09. The van der Waals surface area contributed by atoms with E-state index >= 15 is 0 Å². The maximum absolute atomic E-state index is 12.2. The largest absolute Gasteiger partial charge is 0.510 e. The van der Waals surface area contributed by atoms with E-state index in [2.05, 4.69) is 25.9 Å². The second-order valence-electron chi connectivity index (χ2n) is 5.13. The molecule has 0 spiro atoms. The van der Waals surface area contributed by atoms with Gasteiger partial charge in [0.2, 0.25) is 0 Å². The van der Waals surface area contributed by atoms with Crippen molar-refractivity contribution in [1.82, 2.24) is 9.97 Å². The summed E-state index contributed by atoms with van der Waals surface area (Å²) >= 11 is 4.87. The van der Waals surface area contributed by atoms with Crippen molar-refractivity contribution in [3.05, 3.63) is 64.6 Å². The number of benzene rings is 2. The normalized spacial score (nSPS) is 12.1. The lowest BCUT2D eigenvalue weighted by atomic mass is 10.2. The van der Waals surface area contributed by atoms with E-state index in [9.17, 15) is 9.90 Å². The molecule has 0 saturated carbocycles. The van der Waals surface area contributed by atoms with Crippen molar-refractivity contribution in [2.24, 2.45) is 0 Å². The summed E-state index contributed by atoms with van der Waals surface area (Å²) in [5.74, 6) is -0.224. The Morgan fingerprint density at radius 2 is 1.96 bits per heavy atom. The van der Waals surface area contributed by atoms with Crippen molar-refractivity contribution in [3.8, 4) is 0 Å². The molecule has 0 aliphatic rings. The van der Waals surface area contributed by atoms with Gasteiger partial charge in [0.05, 0.1) is 23.9 Å². The van der Waals surface area contributed by atoms with Crippen LogP contribution in [-0.4, -0.2) is 33.9 Å². The Labute approximate surface area is 157 Å². The predicted octanol–water partition coefficient (Wildman–Crippen LogP) is 4.56. The molecule has 0 amide bonds. The van der Waals surface area contributed by atoms with Crippen molar-refractivity contribution in [2.75, 3.05) is 12.9 Å². The molecule has 2 N–H and O–H groups in total. The minimum Gasteiger partial charge on any atom is -0.510 e. The maximum atomic E-state index is 12.2. The second-order valence-corrected chi connectivity index (χ2v) is 7.01. The van der Waals surface area contributed by atoms with Crippen molar-refractivity contribution < 1.29 is 14.6 Å². The van der Waals surface area contributed by atoms with Crippen molar-refractivity contribution in [3.63, 3.8) is 0 Å². The molecular weight excluding hydrogens is 404 g/mol. The molecule has 3 aromatic rings. The number of esters is 1. The highest BCUT2D eigenvalue weighted by molar-refractivity contribution is 9.10. The van der Waals surface area contributed by atoms with Gasteiger partial charge in [-0.2, -0.15) is 0 Å². The van der Waals surface area contributed by atoms with Gasteiger partial charge in [0, 0.05) is 9.37 Å². The molecule has 3 rings (SSSR count). The first-order valence-corrected chi connectivity index (χ1v) is 9.21. The lowest BCUT2D eigenvalue weighted by molar-refractivity contribution is -0.133. The number of fused-ring (bicyclic) bond motifs is 1. The summed E-state index contributed by atoms with van der Waals surface area (Å²) in [5, 5.41) is 10.5. The van der Waals surface area contributed by atoms with Gasteiger partial charge in [-0.15, -0.1) is 11.8 Å². The van der Waals surface area contributed by atoms with Crippen LogP contribution in [0.2, 0.25) is 0 Å². The number of nitrogens with one attached hydrogen (secondary N) is 1. The van der Waals surface area contributed by atoms with E-state index in [4.69, 9.17) is 4.74 Å². The standard InChI is InChI=1S/C18H15BrN2O3S/c1-24-18(23)16(17-20-12-7-3-4-8-13(12)21-17)14(22)10-25-15-9-5-2-6-11(15)19/h2-9,22H,10H2,1H3,(H,20,21)/b16-14+. The molecule has 0 radical (unpaired) electrons. The van der Waals surface area contributed by atoms with E-state index in [1.165, 1.54) is 18.9 Å². The van der Waals surface area contributed by atoms with Gasteiger partial charge in [-0.1, -0.05) is 24.3 Å². The highest BCUT2D eigenvalue weighted by atomic mass is 79.9. The van der Waals surface area contributed by atoms with Gasteiger partial charge >= 0.3 is 5.97 Å². The van der Waals surface area contributed by atoms with Crippen LogP contribution in [0.25, 0.3) is 16.6 Å². The summed E-state index contributed by atoms with van der Waals surface area (Å²) in [6, 6.07) is 15.1. The van der Waals surface area contributed by atoms with Crippen molar-refractivity contribution >= 4 is 50.3 Å². The fourth-order valence-electron chi connectivity index (χ4n) is 2.30. The van der Waals surface area contributed by atoms with Crippen LogP contribution >= 0.6 is 27.7 Å². The molecule has 0 saturated heterocycles. The van der Waals surface area contributed by atoms with Crippen LogP contribution in [0, 0.1) is 0 Å². The maximum Gasteiger partial charge on any atom is 0.345 e. The monoisotopic (exact) mass is 418 g/mol. The van der Waals surface area contributed by atoms with E-state index < -0.39 is 5.97 Å². The van der Waals surface area contributed by atoms with E-state index in [0.717, 1.165) is 14.9 Å². The molecular formula is C18H15BrN2O3S. The first kappa shape index (κ1) is 17.6. The first-order valence-electron chi connectivity index (χ1n) is 7.43. The van der Waals surface area contributed by atoms with Crippen LogP contribution in [0.4, 0.5) is 0 Å². The van der Waals surface area contributed by atoms with Crippen molar-refractivity contribution in [2.45, 2.75) is 4.90 Å². The number of carbonyl (C=O) groups excluding carboxylic acids is 1. The molecule has 128 valence electrons. The number of carbonyl (C=O) groups is 1. The average Bonchev–Trinajstić information content (AvgIpc) is 3.04. The summed E-state index contributed by atoms with van der Waals surface area (Å²) in [7, 11) is 1.28. The zero-order valence-corrected chi connectivity index (χ0v) is 15.7. The number of aromatic nitrogens is 2. The zero-order chi connectivity index (χ0) is 17.8. The third-order valence-corrected chi connectivity index (χ3v) is 5.54. The topological polar surface area (TPSA) is 75.2 Å². The minimum absolute atomic E-state index is 0.0400. The van der Waals surface area contributed by atoms with Crippen LogP contribution in [0.5, 0.6) is 0 Å². The summed E-state index contributed by atoms with van der Waals surface area (Å²) in [4.78, 5) is 20.6. The molecule has 0 atom stereocenters. The van der Waals surface area contributed by atoms with E-state index in [1.807, 2.05) is 48.5 Å². The molecule has 2 aromatic carbocycles. The molecule has 5 nitrogen and oxygen atoms in total. The summed E-state index contributed by atoms with van der Waals surface area (Å²) < 4.78 is 5.75. The molecule has 0 unspecified atom stereocenters. The van der Waals surface area contributed by atoms with Crippen molar-refractivity contribution in [1.29, 1.82) is 0 Å². The number of aliphatic hydroxyl groups is 1. The Kier molecular flexibility index (Phi) is 5.45. The Bertz CT molecular complexity index is 919. The summed E-state index contributed by atoms with van der Waals surface area (Å²) in [6.07, 6.45) is 0.